The molecule has 118 valence electrons. The topological polar surface area (TPSA) is 75.9 Å². The van der Waals surface area contributed by atoms with Gasteiger partial charge in [-0.2, -0.15) is 0 Å². The van der Waals surface area contributed by atoms with Crippen LogP contribution in [0.4, 0.5) is 5.69 Å². The maximum Gasteiger partial charge on any atom is 0.240 e. The van der Waals surface area contributed by atoms with Gasteiger partial charge < -0.3 is 9.64 Å². The van der Waals surface area contributed by atoms with Crippen molar-refractivity contribution in [1.29, 1.82) is 0 Å². The number of piperazine rings is 1. The lowest BCUT2D eigenvalue weighted by Gasteiger charge is -2.38. The molecule has 0 radical (unpaired) electrons. The predicted molar refractivity (Wildman–Crippen MR) is 83.3 cm³/mol. The molecule has 0 aliphatic carbocycles. The van der Waals surface area contributed by atoms with Gasteiger partial charge in [0.2, 0.25) is 10.0 Å². The molecule has 0 atom stereocenters. The zero-order valence-electron chi connectivity index (χ0n) is 12.7. The molecule has 2 rings (SSSR count). The summed E-state index contributed by atoms with van der Waals surface area (Å²) in [5.74, 6) is 0.628. The molecule has 1 heterocycles. The predicted octanol–water partition coefficient (Wildman–Crippen LogP) is 0.873. The van der Waals surface area contributed by atoms with Gasteiger partial charge in [0.15, 0.2) is 0 Å². The van der Waals surface area contributed by atoms with Crippen molar-refractivity contribution in [2.75, 3.05) is 38.2 Å². The van der Waals surface area contributed by atoms with Crippen LogP contribution in [0.2, 0.25) is 0 Å². The number of hydrogen-bond acceptors (Lipinski definition) is 5. The lowest BCUT2D eigenvalue weighted by Crippen LogP contribution is -2.49. The molecule has 7 heteroatoms. The maximum atomic E-state index is 11.8. The van der Waals surface area contributed by atoms with Crippen LogP contribution in [0.5, 0.6) is 5.75 Å². The van der Waals surface area contributed by atoms with E-state index in [0.717, 1.165) is 26.2 Å². The molecule has 1 aromatic carbocycles. The fourth-order valence-corrected chi connectivity index (χ4v) is 3.33. The highest BCUT2D eigenvalue weighted by Crippen LogP contribution is 2.30. The minimum Gasteiger partial charge on any atom is -0.497 e. The van der Waals surface area contributed by atoms with Crippen LogP contribution in [0.15, 0.2) is 23.1 Å². The van der Waals surface area contributed by atoms with Gasteiger partial charge in [0.25, 0.3) is 0 Å². The van der Waals surface area contributed by atoms with Crippen molar-refractivity contribution in [2.45, 2.75) is 24.8 Å². The van der Waals surface area contributed by atoms with E-state index in [1.165, 1.54) is 6.07 Å². The van der Waals surface area contributed by atoms with Crippen molar-refractivity contribution in [3.63, 3.8) is 0 Å². The fourth-order valence-electron chi connectivity index (χ4n) is 2.59. The van der Waals surface area contributed by atoms with E-state index in [0.29, 0.717) is 17.5 Å². The van der Waals surface area contributed by atoms with Crippen molar-refractivity contribution in [3.05, 3.63) is 18.2 Å². The molecule has 0 aromatic heterocycles. The van der Waals surface area contributed by atoms with Crippen LogP contribution >= 0.6 is 0 Å². The number of anilines is 1. The smallest absolute Gasteiger partial charge is 0.240 e. The van der Waals surface area contributed by atoms with Crippen LogP contribution in [0, 0.1) is 0 Å². The van der Waals surface area contributed by atoms with Gasteiger partial charge in [0, 0.05) is 38.3 Å². The minimum absolute atomic E-state index is 0.154. The average Bonchev–Trinajstić information content (AvgIpc) is 2.45. The third kappa shape index (κ3) is 3.66. The Kier molecular flexibility index (Phi) is 4.75. The van der Waals surface area contributed by atoms with Crippen molar-refractivity contribution < 1.29 is 13.2 Å². The van der Waals surface area contributed by atoms with Crippen LogP contribution in [-0.4, -0.2) is 52.6 Å². The van der Waals surface area contributed by atoms with Gasteiger partial charge in [0.05, 0.1) is 12.8 Å². The second-order valence-corrected chi connectivity index (χ2v) is 7.03. The molecule has 1 saturated heterocycles. The Hall–Kier alpha value is -1.31. The monoisotopic (exact) mass is 313 g/mol. The SMILES string of the molecule is COc1ccc(S(N)(=O)=O)c(N2CCN(C(C)C)CC2)c1. The Morgan fingerprint density at radius 1 is 1.19 bits per heavy atom. The Labute approximate surface area is 126 Å². The van der Waals surface area contributed by atoms with E-state index < -0.39 is 10.0 Å². The number of ether oxygens (including phenoxy) is 1. The van der Waals surface area contributed by atoms with Crippen LogP contribution in [-0.2, 0) is 10.0 Å². The molecular formula is C14H23N3O3S. The first-order chi connectivity index (χ1) is 9.82. The number of rotatable bonds is 4. The van der Waals surface area contributed by atoms with Gasteiger partial charge in [-0.3, -0.25) is 4.90 Å². The van der Waals surface area contributed by atoms with Crippen molar-refractivity contribution >= 4 is 15.7 Å². The molecule has 0 saturated carbocycles. The number of nitrogens with two attached hydrogens (primary N) is 1. The van der Waals surface area contributed by atoms with Crippen LogP contribution in [0.3, 0.4) is 0 Å². The lowest BCUT2D eigenvalue weighted by atomic mass is 10.2. The first-order valence-electron chi connectivity index (χ1n) is 7.02. The Bertz CT molecular complexity index is 593. The minimum atomic E-state index is -3.75. The quantitative estimate of drug-likeness (QED) is 0.893. The third-order valence-electron chi connectivity index (χ3n) is 3.86. The first kappa shape index (κ1) is 16.1. The summed E-state index contributed by atoms with van der Waals surface area (Å²) < 4.78 is 28.7. The molecule has 0 bridgehead atoms. The van der Waals surface area contributed by atoms with Gasteiger partial charge >= 0.3 is 0 Å². The van der Waals surface area contributed by atoms with E-state index in [9.17, 15) is 8.42 Å². The van der Waals surface area contributed by atoms with E-state index in [4.69, 9.17) is 9.88 Å². The summed E-state index contributed by atoms with van der Waals surface area (Å²) >= 11 is 0. The summed E-state index contributed by atoms with van der Waals surface area (Å²) in [5.41, 5.74) is 0.625. The van der Waals surface area contributed by atoms with Crippen molar-refractivity contribution in [3.8, 4) is 5.75 Å². The van der Waals surface area contributed by atoms with Gasteiger partial charge in [0.1, 0.15) is 10.6 Å². The molecule has 0 spiro atoms. The second-order valence-electron chi connectivity index (χ2n) is 5.50. The van der Waals surface area contributed by atoms with E-state index in [1.807, 2.05) is 0 Å². The van der Waals surface area contributed by atoms with Gasteiger partial charge in [-0.25, -0.2) is 13.6 Å². The van der Waals surface area contributed by atoms with Gasteiger partial charge in [-0.15, -0.1) is 0 Å². The molecule has 2 N–H and O–H groups in total. The van der Waals surface area contributed by atoms with Crippen molar-refractivity contribution in [2.24, 2.45) is 5.14 Å². The zero-order valence-corrected chi connectivity index (χ0v) is 13.6. The summed E-state index contributed by atoms with van der Waals surface area (Å²) in [4.78, 5) is 4.58. The fraction of sp³-hybridized carbons (Fsp3) is 0.571. The molecule has 0 amide bonds. The highest BCUT2D eigenvalue weighted by Gasteiger charge is 2.24. The highest BCUT2D eigenvalue weighted by atomic mass is 32.2. The van der Waals surface area contributed by atoms with Gasteiger partial charge in [-0.05, 0) is 26.0 Å². The molecule has 1 aliphatic rings. The summed E-state index contributed by atoms with van der Waals surface area (Å²) in [5, 5.41) is 5.33. The van der Waals surface area contributed by atoms with Crippen LogP contribution in [0.25, 0.3) is 0 Å². The summed E-state index contributed by atoms with van der Waals surface area (Å²) in [6.45, 7) is 7.67. The summed E-state index contributed by atoms with van der Waals surface area (Å²) in [6, 6.07) is 5.37. The number of primary sulfonamides is 1. The number of hydrogen-bond donors (Lipinski definition) is 1. The standard InChI is InChI=1S/C14H23N3O3S/c1-11(2)16-6-8-17(9-7-16)13-10-12(20-3)4-5-14(13)21(15,18)19/h4-5,10-11H,6-9H2,1-3H3,(H2,15,18,19). The number of nitrogens with zero attached hydrogens (tertiary/aromatic N) is 2. The summed E-state index contributed by atoms with van der Waals surface area (Å²) in [6.07, 6.45) is 0. The first-order valence-corrected chi connectivity index (χ1v) is 8.57. The largest absolute Gasteiger partial charge is 0.497 e. The molecule has 0 unspecified atom stereocenters. The second kappa shape index (κ2) is 6.21. The van der Waals surface area contributed by atoms with E-state index >= 15 is 0 Å². The number of benzene rings is 1. The third-order valence-corrected chi connectivity index (χ3v) is 4.82. The Morgan fingerprint density at radius 2 is 1.81 bits per heavy atom. The van der Waals surface area contributed by atoms with Gasteiger partial charge in [-0.1, -0.05) is 0 Å². The van der Waals surface area contributed by atoms with E-state index in [-0.39, 0.29) is 4.90 Å². The normalized spacial score (nSPS) is 17.3. The van der Waals surface area contributed by atoms with E-state index in [2.05, 4.69) is 23.6 Å². The lowest BCUT2D eigenvalue weighted by molar-refractivity contribution is 0.209. The summed E-state index contributed by atoms with van der Waals surface area (Å²) in [7, 11) is -2.19. The average molecular weight is 313 g/mol. The maximum absolute atomic E-state index is 11.8. The molecule has 21 heavy (non-hydrogen) atoms. The number of sulfonamides is 1. The van der Waals surface area contributed by atoms with Crippen LogP contribution < -0.4 is 14.8 Å². The van der Waals surface area contributed by atoms with Crippen LogP contribution in [0.1, 0.15) is 13.8 Å². The highest BCUT2D eigenvalue weighted by molar-refractivity contribution is 7.89. The zero-order chi connectivity index (χ0) is 15.6. The molecule has 1 aromatic rings. The molecule has 1 aliphatic heterocycles. The Balaban J connectivity index is 2.30. The Morgan fingerprint density at radius 3 is 2.29 bits per heavy atom. The number of methoxy groups -OCH3 is 1. The molecule has 1 fully saturated rings. The molecular weight excluding hydrogens is 290 g/mol. The van der Waals surface area contributed by atoms with E-state index in [1.54, 1.807) is 19.2 Å². The van der Waals surface area contributed by atoms with Crippen molar-refractivity contribution in [1.82, 2.24) is 4.90 Å². The molecule has 6 nitrogen and oxygen atoms in total.